The van der Waals surface area contributed by atoms with Crippen molar-refractivity contribution in [1.82, 2.24) is 0 Å². The SMILES string of the molecule is CCCCCC/C=C\CCCCCCCCCC(=O)OC(COC(=O)CCC/C=C\C/C=C\C/C=C\CCCCCCCC)COC(=O)CCC/C=C\CCCCCC. The predicted octanol–water partition coefficient (Wildman–Crippen LogP) is 16.1. The summed E-state index contributed by atoms with van der Waals surface area (Å²) in [5.41, 5.74) is 0. The first-order valence-corrected chi connectivity index (χ1v) is 24.8. The van der Waals surface area contributed by atoms with Gasteiger partial charge in [-0.15, -0.1) is 0 Å². The molecule has 0 rings (SSSR count). The van der Waals surface area contributed by atoms with Crippen LogP contribution in [0.5, 0.6) is 0 Å². The van der Waals surface area contributed by atoms with Crippen LogP contribution >= 0.6 is 0 Å². The third-order valence-electron chi connectivity index (χ3n) is 10.5. The first kappa shape index (κ1) is 56.1. The zero-order valence-corrected chi connectivity index (χ0v) is 38.8. The normalized spacial score (nSPS) is 12.5. The Balaban J connectivity index is 4.44. The fourth-order valence-electron chi connectivity index (χ4n) is 6.69. The molecule has 1 atom stereocenters. The maximum Gasteiger partial charge on any atom is 0.306 e. The molecule has 0 aliphatic heterocycles. The minimum Gasteiger partial charge on any atom is -0.462 e. The van der Waals surface area contributed by atoms with Gasteiger partial charge in [-0.05, 0) is 96.3 Å². The number of allylic oxidation sites excluding steroid dienone is 10. The molecule has 59 heavy (non-hydrogen) atoms. The van der Waals surface area contributed by atoms with E-state index in [9.17, 15) is 14.4 Å². The fourth-order valence-corrected chi connectivity index (χ4v) is 6.69. The van der Waals surface area contributed by atoms with Crippen molar-refractivity contribution in [3.05, 3.63) is 60.8 Å². The van der Waals surface area contributed by atoms with E-state index in [1.54, 1.807) is 0 Å². The van der Waals surface area contributed by atoms with Crippen LogP contribution in [0.15, 0.2) is 60.8 Å². The van der Waals surface area contributed by atoms with Gasteiger partial charge in [-0.3, -0.25) is 14.4 Å². The first-order valence-electron chi connectivity index (χ1n) is 24.8. The lowest BCUT2D eigenvalue weighted by Crippen LogP contribution is -2.30. The average Bonchev–Trinajstić information content (AvgIpc) is 3.23. The highest BCUT2D eigenvalue weighted by atomic mass is 16.6. The van der Waals surface area contributed by atoms with Gasteiger partial charge in [0.15, 0.2) is 6.10 Å². The summed E-state index contributed by atoms with van der Waals surface area (Å²) in [5.74, 6) is -0.997. The van der Waals surface area contributed by atoms with Crippen molar-refractivity contribution < 1.29 is 28.6 Å². The topological polar surface area (TPSA) is 78.9 Å². The molecule has 0 saturated heterocycles. The van der Waals surface area contributed by atoms with Crippen LogP contribution in [0.4, 0.5) is 0 Å². The van der Waals surface area contributed by atoms with Crippen molar-refractivity contribution in [1.29, 1.82) is 0 Å². The van der Waals surface area contributed by atoms with Crippen LogP contribution in [0.25, 0.3) is 0 Å². The molecule has 6 nitrogen and oxygen atoms in total. The monoisotopic (exact) mass is 825 g/mol. The second-order valence-electron chi connectivity index (χ2n) is 16.4. The quantitative estimate of drug-likeness (QED) is 0.0263. The lowest BCUT2D eigenvalue weighted by atomic mass is 10.1. The second-order valence-corrected chi connectivity index (χ2v) is 16.4. The summed E-state index contributed by atoms with van der Waals surface area (Å²) in [6.07, 6.45) is 57.9. The van der Waals surface area contributed by atoms with Gasteiger partial charge in [0.25, 0.3) is 0 Å². The molecular formula is C53H92O6. The van der Waals surface area contributed by atoms with Crippen molar-refractivity contribution in [2.75, 3.05) is 13.2 Å². The molecule has 0 saturated carbocycles. The third kappa shape index (κ3) is 46.0. The molecule has 0 bridgehead atoms. The average molecular weight is 825 g/mol. The molecular weight excluding hydrogens is 733 g/mol. The molecule has 0 aromatic heterocycles. The summed E-state index contributed by atoms with van der Waals surface area (Å²) < 4.78 is 16.7. The Morgan fingerprint density at radius 2 is 0.627 bits per heavy atom. The molecule has 0 aromatic rings. The molecule has 0 fully saturated rings. The number of rotatable bonds is 44. The summed E-state index contributed by atoms with van der Waals surface area (Å²) in [5, 5.41) is 0. The van der Waals surface area contributed by atoms with Gasteiger partial charge >= 0.3 is 17.9 Å². The molecule has 0 aromatic carbocycles. The van der Waals surface area contributed by atoms with Crippen molar-refractivity contribution in [3.8, 4) is 0 Å². The van der Waals surface area contributed by atoms with Crippen LogP contribution in [0, 0.1) is 0 Å². The fraction of sp³-hybridized carbons (Fsp3) is 0.755. The first-order chi connectivity index (χ1) is 29.0. The maximum atomic E-state index is 12.7. The molecule has 0 amide bonds. The van der Waals surface area contributed by atoms with Crippen LogP contribution < -0.4 is 0 Å². The van der Waals surface area contributed by atoms with E-state index in [0.717, 1.165) is 51.4 Å². The highest BCUT2D eigenvalue weighted by molar-refractivity contribution is 5.71. The summed E-state index contributed by atoms with van der Waals surface area (Å²) >= 11 is 0. The van der Waals surface area contributed by atoms with Crippen molar-refractivity contribution >= 4 is 17.9 Å². The minimum atomic E-state index is -0.805. The number of esters is 3. The standard InChI is InChI=1S/C53H92O6/c1-4-7-10-13-16-19-21-23-25-26-28-29-31-34-37-40-43-46-52(55)58-49-50(48-57-51(54)45-42-39-36-33-18-15-12-9-6-3)59-53(56)47-44-41-38-35-32-30-27-24-22-20-17-14-11-8-5-2/h20,22-23,25,28-29,33-34,36-37,50H,4-19,21,24,26-27,30-32,35,38-49H2,1-3H3/b22-20-,25-23-,29-28-,36-33-,37-34-. The van der Waals surface area contributed by atoms with Crippen LogP contribution in [-0.2, 0) is 28.6 Å². The smallest absolute Gasteiger partial charge is 0.306 e. The molecule has 0 N–H and O–H groups in total. The number of carbonyl (C=O) groups is 3. The number of carbonyl (C=O) groups excluding carboxylic acids is 3. The molecule has 0 aliphatic rings. The van der Waals surface area contributed by atoms with Gasteiger partial charge in [0.2, 0.25) is 0 Å². The molecule has 6 heteroatoms. The van der Waals surface area contributed by atoms with Crippen molar-refractivity contribution in [2.45, 2.75) is 245 Å². The van der Waals surface area contributed by atoms with Gasteiger partial charge in [-0.1, -0.05) is 184 Å². The molecule has 0 aliphatic carbocycles. The molecule has 0 radical (unpaired) electrons. The Morgan fingerprint density at radius 1 is 0.339 bits per heavy atom. The lowest BCUT2D eigenvalue weighted by molar-refractivity contribution is -0.167. The summed E-state index contributed by atoms with van der Waals surface area (Å²) in [6, 6.07) is 0. The Hall–Kier alpha value is -2.89. The number of hydrogen-bond donors (Lipinski definition) is 0. The molecule has 0 spiro atoms. The Kier molecular flexibility index (Phi) is 45.4. The summed E-state index contributed by atoms with van der Waals surface area (Å²) in [6.45, 7) is 6.51. The lowest BCUT2D eigenvalue weighted by Gasteiger charge is -2.18. The highest BCUT2D eigenvalue weighted by Gasteiger charge is 2.19. The van der Waals surface area contributed by atoms with Gasteiger partial charge in [-0.25, -0.2) is 0 Å². The minimum absolute atomic E-state index is 0.107. The largest absolute Gasteiger partial charge is 0.462 e. The van der Waals surface area contributed by atoms with Crippen LogP contribution in [0.1, 0.15) is 239 Å². The predicted molar refractivity (Wildman–Crippen MR) is 251 cm³/mol. The zero-order chi connectivity index (χ0) is 43.0. The van der Waals surface area contributed by atoms with Crippen molar-refractivity contribution in [3.63, 3.8) is 0 Å². The Morgan fingerprint density at radius 3 is 1.03 bits per heavy atom. The second kappa shape index (κ2) is 47.8. The van der Waals surface area contributed by atoms with Gasteiger partial charge in [0.1, 0.15) is 13.2 Å². The van der Waals surface area contributed by atoms with E-state index >= 15 is 0 Å². The van der Waals surface area contributed by atoms with E-state index in [-0.39, 0.29) is 37.5 Å². The van der Waals surface area contributed by atoms with E-state index in [1.807, 2.05) is 0 Å². The molecule has 340 valence electrons. The third-order valence-corrected chi connectivity index (χ3v) is 10.5. The Bertz CT molecular complexity index is 1090. The van der Waals surface area contributed by atoms with Gasteiger partial charge in [0, 0.05) is 19.3 Å². The van der Waals surface area contributed by atoms with Crippen LogP contribution in [0.2, 0.25) is 0 Å². The van der Waals surface area contributed by atoms with Gasteiger partial charge in [-0.2, -0.15) is 0 Å². The molecule has 0 heterocycles. The highest BCUT2D eigenvalue weighted by Crippen LogP contribution is 2.13. The van der Waals surface area contributed by atoms with Gasteiger partial charge < -0.3 is 14.2 Å². The van der Waals surface area contributed by atoms with E-state index in [0.29, 0.717) is 25.7 Å². The molecule has 1 unspecified atom stereocenters. The Labute approximate surface area is 364 Å². The van der Waals surface area contributed by atoms with Crippen LogP contribution in [-0.4, -0.2) is 37.2 Å². The summed E-state index contributed by atoms with van der Waals surface area (Å²) in [7, 11) is 0. The number of hydrogen-bond acceptors (Lipinski definition) is 6. The van der Waals surface area contributed by atoms with E-state index in [2.05, 4.69) is 81.5 Å². The number of unbranched alkanes of at least 4 members (excludes halogenated alkanes) is 23. The zero-order valence-electron chi connectivity index (χ0n) is 38.8. The van der Waals surface area contributed by atoms with Crippen molar-refractivity contribution in [2.24, 2.45) is 0 Å². The number of ether oxygens (including phenoxy) is 3. The summed E-state index contributed by atoms with van der Waals surface area (Å²) in [4.78, 5) is 37.8. The van der Waals surface area contributed by atoms with E-state index < -0.39 is 6.10 Å². The van der Waals surface area contributed by atoms with E-state index in [1.165, 1.54) is 135 Å². The van der Waals surface area contributed by atoms with Crippen LogP contribution in [0.3, 0.4) is 0 Å². The van der Waals surface area contributed by atoms with E-state index in [4.69, 9.17) is 14.2 Å². The maximum absolute atomic E-state index is 12.7. The van der Waals surface area contributed by atoms with Gasteiger partial charge in [0.05, 0.1) is 0 Å².